The van der Waals surface area contributed by atoms with Crippen molar-refractivity contribution in [1.82, 2.24) is 9.88 Å². The number of aromatic nitrogens is 1. The van der Waals surface area contributed by atoms with Gasteiger partial charge in [-0.1, -0.05) is 15.9 Å². The largest absolute Gasteiger partial charge is 0.353 e. The molecule has 0 N–H and O–H groups in total. The number of anilines is 1. The van der Waals surface area contributed by atoms with Gasteiger partial charge < -0.3 is 9.80 Å². The first-order valence-corrected chi connectivity index (χ1v) is 8.73. The summed E-state index contributed by atoms with van der Waals surface area (Å²) in [4.78, 5) is 20.7. The molecule has 0 aliphatic carbocycles. The quantitative estimate of drug-likeness (QED) is 0.711. The molecule has 1 fully saturated rings. The van der Waals surface area contributed by atoms with Crippen molar-refractivity contribution in [2.24, 2.45) is 0 Å². The standard InChI is InChI=1S/C16H14Br2FN3O/c17-12-1-2-15(20-10-12)21-3-5-22(6-4-21)16(23)11-7-13(18)9-14(19)8-11/h1-2,7-10H,3-6H2. The Morgan fingerprint density at radius 3 is 2.39 bits per heavy atom. The van der Waals surface area contributed by atoms with Crippen LogP contribution in [0.4, 0.5) is 10.2 Å². The lowest BCUT2D eigenvalue weighted by Gasteiger charge is -2.35. The van der Waals surface area contributed by atoms with Gasteiger partial charge in [-0.15, -0.1) is 0 Å². The topological polar surface area (TPSA) is 36.4 Å². The van der Waals surface area contributed by atoms with E-state index in [1.807, 2.05) is 12.1 Å². The molecule has 1 aromatic heterocycles. The van der Waals surface area contributed by atoms with Crippen molar-refractivity contribution in [2.75, 3.05) is 31.1 Å². The van der Waals surface area contributed by atoms with E-state index in [9.17, 15) is 9.18 Å². The van der Waals surface area contributed by atoms with Gasteiger partial charge in [0.05, 0.1) is 0 Å². The molecule has 1 saturated heterocycles. The Hall–Kier alpha value is -1.47. The SMILES string of the molecule is O=C(c1cc(F)cc(Br)c1)N1CCN(c2ccc(Br)cn2)CC1. The van der Waals surface area contributed by atoms with Crippen molar-refractivity contribution in [3.05, 3.63) is 56.9 Å². The van der Waals surface area contributed by atoms with E-state index in [0.717, 1.165) is 10.3 Å². The zero-order valence-electron chi connectivity index (χ0n) is 12.2. The predicted octanol–water partition coefficient (Wildman–Crippen LogP) is 3.71. The van der Waals surface area contributed by atoms with Crippen LogP contribution in [-0.2, 0) is 0 Å². The van der Waals surface area contributed by atoms with E-state index < -0.39 is 5.82 Å². The Labute approximate surface area is 150 Å². The van der Waals surface area contributed by atoms with Crippen molar-refractivity contribution in [3.63, 3.8) is 0 Å². The van der Waals surface area contributed by atoms with Crippen LogP contribution in [0.5, 0.6) is 0 Å². The van der Waals surface area contributed by atoms with Gasteiger partial charge in [-0.3, -0.25) is 4.79 Å². The first kappa shape index (κ1) is 16.4. The molecule has 7 heteroatoms. The Balaban J connectivity index is 1.66. The Morgan fingerprint density at radius 2 is 1.78 bits per heavy atom. The van der Waals surface area contributed by atoms with Gasteiger partial charge >= 0.3 is 0 Å². The lowest BCUT2D eigenvalue weighted by molar-refractivity contribution is 0.0746. The average molecular weight is 443 g/mol. The Morgan fingerprint density at radius 1 is 1.04 bits per heavy atom. The van der Waals surface area contributed by atoms with Gasteiger partial charge in [0, 0.05) is 46.9 Å². The fraction of sp³-hybridized carbons (Fsp3) is 0.250. The van der Waals surface area contributed by atoms with Crippen LogP contribution in [-0.4, -0.2) is 42.0 Å². The summed E-state index contributed by atoms with van der Waals surface area (Å²) in [6.07, 6.45) is 1.76. The van der Waals surface area contributed by atoms with Crippen LogP contribution in [0.2, 0.25) is 0 Å². The molecule has 0 saturated carbocycles. The highest BCUT2D eigenvalue weighted by Gasteiger charge is 2.23. The highest BCUT2D eigenvalue weighted by Crippen LogP contribution is 2.19. The number of carbonyl (C=O) groups excluding carboxylic acids is 1. The second kappa shape index (κ2) is 6.97. The molecule has 1 aromatic carbocycles. The minimum atomic E-state index is -0.416. The van der Waals surface area contributed by atoms with Crippen LogP contribution >= 0.6 is 31.9 Å². The summed E-state index contributed by atoms with van der Waals surface area (Å²) >= 11 is 6.59. The van der Waals surface area contributed by atoms with Crippen LogP contribution in [0.25, 0.3) is 0 Å². The number of rotatable bonds is 2. The van der Waals surface area contributed by atoms with Crippen LogP contribution in [0.1, 0.15) is 10.4 Å². The number of piperazine rings is 1. The van der Waals surface area contributed by atoms with Crippen molar-refractivity contribution in [3.8, 4) is 0 Å². The maximum Gasteiger partial charge on any atom is 0.254 e. The van der Waals surface area contributed by atoms with E-state index in [-0.39, 0.29) is 5.91 Å². The first-order valence-electron chi connectivity index (χ1n) is 7.15. The molecule has 0 bridgehead atoms. The van der Waals surface area contributed by atoms with Gasteiger partial charge in [0.15, 0.2) is 0 Å². The fourth-order valence-electron chi connectivity index (χ4n) is 2.55. The van der Waals surface area contributed by atoms with Gasteiger partial charge in [-0.25, -0.2) is 9.37 Å². The summed E-state index contributed by atoms with van der Waals surface area (Å²) in [5, 5.41) is 0. The number of halogens is 3. The van der Waals surface area contributed by atoms with Crippen molar-refractivity contribution in [2.45, 2.75) is 0 Å². The summed E-state index contributed by atoms with van der Waals surface area (Å²) in [5.41, 5.74) is 0.368. The van der Waals surface area contributed by atoms with Crippen molar-refractivity contribution >= 4 is 43.6 Å². The Kier molecular flexibility index (Phi) is 4.96. The molecule has 2 aromatic rings. The molecule has 120 valence electrons. The minimum absolute atomic E-state index is 0.145. The predicted molar refractivity (Wildman–Crippen MR) is 94.2 cm³/mol. The molecule has 23 heavy (non-hydrogen) atoms. The molecular formula is C16H14Br2FN3O. The molecule has 0 radical (unpaired) electrons. The summed E-state index contributed by atoms with van der Waals surface area (Å²) < 4.78 is 15.0. The number of hydrogen-bond donors (Lipinski definition) is 0. The molecule has 1 aliphatic heterocycles. The van der Waals surface area contributed by atoms with Gasteiger partial charge in [0.1, 0.15) is 11.6 Å². The second-order valence-electron chi connectivity index (χ2n) is 5.27. The molecule has 0 atom stereocenters. The summed E-state index contributed by atoms with van der Waals surface area (Å²) in [6.45, 7) is 2.59. The Bertz CT molecular complexity index is 696. The third-order valence-corrected chi connectivity index (χ3v) is 4.64. The number of carbonyl (C=O) groups is 1. The highest BCUT2D eigenvalue weighted by molar-refractivity contribution is 9.10. The lowest BCUT2D eigenvalue weighted by Crippen LogP contribution is -2.49. The van der Waals surface area contributed by atoms with E-state index in [2.05, 4.69) is 41.7 Å². The fourth-order valence-corrected chi connectivity index (χ4v) is 3.25. The lowest BCUT2D eigenvalue weighted by atomic mass is 10.1. The number of nitrogens with zero attached hydrogens (tertiary/aromatic N) is 3. The molecule has 1 amide bonds. The van der Waals surface area contributed by atoms with Gasteiger partial charge in [-0.05, 0) is 46.3 Å². The number of hydrogen-bond acceptors (Lipinski definition) is 3. The van der Waals surface area contributed by atoms with E-state index in [1.165, 1.54) is 12.1 Å². The first-order chi connectivity index (χ1) is 11.0. The molecule has 4 nitrogen and oxygen atoms in total. The summed E-state index contributed by atoms with van der Waals surface area (Å²) in [7, 11) is 0. The van der Waals surface area contributed by atoms with Crippen molar-refractivity contribution in [1.29, 1.82) is 0 Å². The third kappa shape index (κ3) is 3.90. The van der Waals surface area contributed by atoms with Crippen LogP contribution in [0.3, 0.4) is 0 Å². The zero-order valence-corrected chi connectivity index (χ0v) is 15.3. The van der Waals surface area contributed by atoms with E-state index in [4.69, 9.17) is 0 Å². The van der Waals surface area contributed by atoms with E-state index >= 15 is 0 Å². The van der Waals surface area contributed by atoms with Gasteiger partial charge in [0.2, 0.25) is 0 Å². The minimum Gasteiger partial charge on any atom is -0.353 e. The molecular weight excluding hydrogens is 429 g/mol. The van der Waals surface area contributed by atoms with Gasteiger partial charge in [-0.2, -0.15) is 0 Å². The smallest absolute Gasteiger partial charge is 0.254 e. The van der Waals surface area contributed by atoms with Crippen LogP contribution < -0.4 is 4.90 Å². The molecule has 2 heterocycles. The number of pyridine rings is 1. The molecule has 0 spiro atoms. The van der Waals surface area contributed by atoms with Crippen LogP contribution in [0.15, 0.2) is 45.5 Å². The van der Waals surface area contributed by atoms with Crippen LogP contribution in [0, 0.1) is 5.82 Å². The average Bonchev–Trinajstić information content (AvgIpc) is 2.54. The molecule has 3 rings (SSSR count). The number of amides is 1. The third-order valence-electron chi connectivity index (χ3n) is 3.71. The summed E-state index contributed by atoms with van der Waals surface area (Å²) in [5.74, 6) is 0.336. The maximum absolute atomic E-state index is 13.5. The zero-order chi connectivity index (χ0) is 16.4. The molecule has 1 aliphatic rings. The highest BCUT2D eigenvalue weighted by atomic mass is 79.9. The van der Waals surface area contributed by atoms with Gasteiger partial charge in [0.25, 0.3) is 5.91 Å². The molecule has 0 unspecified atom stereocenters. The maximum atomic E-state index is 13.5. The van der Waals surface area contributed by atoms with Crippen molar-refractivity contribution < 1.29 is 9.18 Å². The second-order valence-corrected chi connectivity index (χ2v) is 7.10. The van der Waals surface area contributed by atoms with E-state index in [0.29, 0.717) is 36.2 Å². The number of benzene rings is 1. The summed E-state index contributed by atoms with van der Waals surface area (Å²) in [6, 6.07) is 8.16. The monoisotopic (exact) mass is 441 g/mol. The van der Waals surface area contributed by atoms with E-state index in [1.54, 1.807) is 17.2 Å². The normalized spacial score (nSPS) is 14.9.